The second kappa shape index (κ2) is 6.36. The smallest absolute Gasteiger partial charge is 0.357 e. The lowest BCUT2D eigenvalue weighted by atomic mass is 10.1. The summed E-state index contributed by atoms with van der Waals surface area (Å²) in [7, 11) is -3.86. The average molecular weight is 303 g/mol. The van der Waals surface area contributed by atoms with E-state index in [1.54, 1.807) is 6.92 Å². The van der Waals surface area contributed by atoms with Crippen LogP contribution < -0.4 is 0 Å². The lowest BCUT2D eigenvalue weighted by Crippen LogP contribution is -2.35. The predicted octanol–water partition coefficient (Wildman–Crippen LogP) is 1.47. The number of nitrogens with zero attached hydrogens (tertiary/aromatic N) is 2. The Morgan fingerprint density at radius 2 is 2.05 bits per heavy atom. The third kappa shape index (κ3) is 3.18. The Labute approximate surface area is 119 Å². The maximum absolute atomic E-state index is 12.6. The topological polar surface area (TPSA) is 103 Å². The minimum atomic E-state index is -3.86. The number of nitrogens with one attached hydrogen (secondary N) is 1. The number of hydrogen-bond donors (Lipinski definition) is 2. The van der Waals surface area contributed by atoms with Crippen LogP contribution in [-0.2, 0) is 10.0 Å². The summed E-state index contributed by atoms with van der Waals surface area (Å²) in [5.74, 6) is -1.15. The summed E-state index contributed by atoms with van der Waals surface area (Å²) in [6.45, 7) is 7.82. The number of sulfonamides is 1. The zero-order valence-corrected chi connectivity index (χ0v) is 13.0. The van der Waals surface area contributed by atoms with Gasteiger partial charge in [0.15, 0.2) is 5.69 Å². The number of carboxylic acids is 1. The molecule has 8 heteroatoms. The van der Waals surface area contributed by atoms with Crippen LogP contribution >= 0.6 is 0 Å². The molecule has 0 radical (unpaired) electrons. The molecule has 0 spiro atoms. The van der Waals surface area contributed by atoms with Gasteiger partial charge < -0.3 is 5.11 Å². The highest BCUT2D eigenvalue weighted by Gasteiger charge is 2.33. The zero-order valence-electron chi connectivity index (χ0n) is 12.2. The van der Waals surface area contributed by atoms with E-state index in [9.17, 15) is 13.2 Å². The van der Waals surface area contributed by atoms with Gasteiger partial charge in [-0.15, -0.1) is 0 Å². The van der Waals surface area contributed by atoms with Crippen molar-refractivity contribution in [2.24, 2.45) is 5.92 Å². The standard InChI is InChI=1S/C12H21N3O4S/c1-5-8(3)7-15(6-2)20(18,19)11-9(4)13-14-10(11)12(16)17/h8H,5-7H2,1-4H3,(H,13,14)(H,16,17). The van der Waals surface area contributed by atoms with E-state index >= 15 is 0 Å². The highest BCUT2D eigenvalue weighted by Crippen LogP contribution is 2.23. The first-order valence-electron chi connectivity index (χ1n) is 6.54. The summed E-state index contributed by atoms with van der Waals surface area (Å²) in [5, 5.41) is 15.1. The number of aromatic nitrogens is 2. The van der Waals surface area contributed by atoms with Crippen molar-refractivity contribution in [1.82, 2.24) is 14.5 Å². The Morgan fingerprint density at radius 3 is 2.50 bits per heavy atom. The predicted molar refractivity (Wildman–Crippen MR) is 74.2 cm³/mol. The first-order chi connectivity index (χ1) is 9.25. The largest absolute Gasteiger partial charge is 0.476 e. The number of carbonyl (C=O) groups is 1. The normalized spacial score (nSPS) is 13.7. The minimum Gasteiger partial charge on any atom is -0.476 e. The number of aryl methyl sites for hydroxylation is 1. The molecule has 114 valence electrons. The van der Waals surface area contributed by atoms with Crippen molar-refractivity contribution in [3.8, 4) is 0 Å². The van der Waals surface area contributed by atoms with Gasteiger partial charge in [0.25, 0.3) is 0 Å². The molecule has 0 aliphatic carbocycles. The van der Waals surface area contributed by atoms with Crippen LogP contribution in [-0.4, -0.2) is 47.1 Å². The number of aromatic amines is 1. The van der Waals surface area contributed by atoms with E-state index in [4.69, 9.17) is 5.11 Å². The molecule has 1 aromatic rings. The molecule has 1 heterocycles. The van der Waals surface area contributed by atoms with Gasteiger partial charge >= 0.3 is 5.97 Å². The number of aromatic carboxylic acids is 1. The van der Waals surface area contributed by atoms with Crippen LogP contribution in [0.25, 0.3) is 0 Å². The van der Waals surface area contributed by atoms with E-state index < -0.39 is 21.7 Å². The van der Waals surface area contributed by atoms with Gasteiger partial charge in [-0.2, -0.15) is 9.40 Å². The van der Waals surface area contributed by atoms with Crippen molar-refractivity contribution in [1.29, 1.82) is 0 Å². The van der Waals surface area contributed by atoms with E-state index in [-0.39, 0.29) is 23.1 Å². The molecule has 0 aromatic carbocycles. The second-order valence-corrected chi connectivity index (χ2v) is 6.68. The molecule has 0 fully saturated rings. The maximum Gasteiger partial charge on any atom is 0.357 e. The molecule has 7 nitrogen and oxygen atoms in total. The van der Waals surface area contributed by atoms with Crippen LogP contribution in [0.3, 0.4) is 0 Å². The Bertz CT molecular complexity index is 580. The van der Waals surface area contributed by atoms with Gasteiger partial charge in [-0.1, -0.05) is 27.2 Å². The van der Waals surface area contributed by atoms with E-state index in [2.05, 4.69) is 10.2 Å². The Morgan fingerprint density at radius 1 is 1.45 bits per heavy atom. The molecule has 1 unspecified atom stereocenters. The minimum absolute atomic E-state index is 0.199. The van der Waals surface area contributed by atoms with Gasteiger partial charge in [-0.3, -0.25) is 5.10 Å². The van der Waals surface area contributed by atoms with E-state index in [1.807, 2.05) is 13.8 Å². The molecule has 1 rings (SSSR count). The van der Waals surface area contributed by atoms with Crippen molar-refractivity contribution in [3.63, 3.8) is 0 Å². The summed E-state index contributed by atoms with van der Waals surface area (Å²) in [6.07, 6.45) is 0.849. The molecule has 2 N–H and O–H groups in total. The average Bonchev–Trinajstić information content (AvgIpc) is 2.78. The first-order valence-corrected chi connectivity index (χ1v) is 7.98. The van der Waals surface area contributed by atoms with Crippen molar-refractivity contribution in [2.75, 3.05) is 13.1 Å². The zero-order chi connectivity index (χ0) is 15.5. The van der Waals surface area contributed by atoms with Gasteiger partial charge in [0.1, 0.15) is 4.90 Å². The van der Waals surface area contributed by atoms with Crippen LogP contribution in [0, 0.1) is 12.8 Å². The van der Waals surface area contributed by atoms with Crippen molar-refractivity contribution >= 4 is 16.0 Å². The molecule has 0 bridgehead atoms. The number of rotatable bonds is 7. The van der Waals surface area contributed by atoms with E-state index in [0.717, 1.165) is 6.42 Å². The van der Waals surface area contributed by atoms with E-state index in [0.29, 0.717) is 6.54 Å². The van der Waals surface area contributed by atoms with Crippen molar-refractivity contribution in [2.45, 2.75) is 39.0 Å². The van der Waals surface area contributed by atoms with Gasteiger partial charge in [0.05, 0.1) is 5.69 Å². The van der Waals surface area contributed by atoms with Gasteiger partial charge in [0.2, 0.25) is 10.0 Å². The lowest BCUT2D eigenvalue weighted by Gasteiger charge is -2.23. The third-order valence-electron chi connectivity index (χ3n) is 3.26. The summed E-state index contributed by atoms with van der Waals surface area (Å²) in [4.78, 5) is 10.9. The summed E-state index contributed by atoms with van der Waals surface area (Å²) < 4.78 is 26.5. The third-order valence-corrected chi connectivity index (χ3v) is 5.36. The van der Waals surface area contributed by atoms with Gasteiger partial charge in [-0.05, 0) is 12.8 Å². The monoisotopic (exact) mass is 303 g/mol. The fraction of sp³-hybridized carbons (Fsp3) is 0.667. The summed E-state index contributed by atoms with van der Waals surface area (Å²) in [5.41, 5.74) is -0.213. The summed E-state index contributed by atoms with van der Waals surface area (Å²) >= 11 is 0. The van der Waals surface area contributed by atoms with Crippen LogP contribution in [0.5, 0.6) is 0 Å². The molecule has 0 saturated heterocycles. The SMILES string of the molecule is CCC(C)CN(CC)S(=O)(=O)c1c(C(=O)O)n[nH]c1C. The maximum atomic E-state index is 12.6. The van der Waals surface area contributed by atoms with Crippen LogP contribution in [0.2, 0.25) is 0 Å². The molecule has 20 heavy (non-hydrogen) atoms. The molecule has 0 amide bonds. The highest BCUT2D eigenvalue weighted by atomic mass is 32.2. The molecule has 0 aliphatic rings. The molecule has 1 aromatic heterocycles. The van der Waals surface area contributed by atoms with Gasteiger partial charge in [-0.25, -0.2) is 13.2 Å². The number of carboxylic acid groups (broad SMARTS) is 1. The number of hydrogen-bond acceptors (Lipinski definition) is 4. The molecule has 0 saturated carbocycles. The summed E-state index contributed by atoms with van der Waals surface area (Å²) in [6, 6.07) is 0. The Kier molecular flexibility index (Phi) is 5.29. The Balaban J connectivity index is 3.27. The lowest BCUT2D eigenvalue weighted by molar-refractivity contribution is 0.0686. The van der Waals surface area contributed by atoms with Crippen LogP contribution in [0.1, 0.15) is 43.4 Å². The highest BCUT2D eigenvalue weighted by molar-refractivity contribution is 7.89. The molecular formula is C12H21N3O4S. The number of H-pyrrole nitrogens is 1. The Hall–Kier alpha value is -1.41. The molecular weight excluding hydrogens is 282 g/mol. The molecule has 0 aliphatic heterocycles. The molecule has 1 atom stereocenters. The second-order valence-electron chi connectivity index (χ2n) is 4.80. The van der Waals surface area contributed by atoms with Gasteiger partial charge in [0, 0.05) is 13.1 Å². The quantitative estimate of drug-likeness (QED) is 0.794. The fourth-order valence-corrected chi connectivity index (χ4v) is 3.74. The van der Waals surface area contributed by atoms with Crippen LogP contribution in [0.4, 0.5) is 0 Å². The van der Waals surface area contributed by atoms with Crippen molar-refractivity contribution in [3.05, 3.63) is 11.4 Å². The van der Waals surface area contributed by atoms with E-state index in [1.165, 1.54) is 11.2 Å². The van der Waals surface area contributed by atoms with Crippen LogP contribution in [0.15, 0.2) is 4.90 Å². The van der Waals surface area contributed by atoms with Crippen molar-refractivity contribution < 1.29 is 18.3 Å². The first kappa shape index (κ1) is 16.6. The fourth-order valence-electron chi connectivity index (χ4n) is 1.88.